The van der Waals surface area contributed by atoms with Crippen LogP contribution in [0.25, 0.3) is 0 Å². The number of ether oxygens (including phenoxy) is 2. The van der Waals surface area contributed by atoms with Gasteiger partial charge in [-0.3, -0.25) is 4.79 Å². The van der Waals surface area contributed by atoms with Crippen LogP contribution in [0.5, 0.6) is 0 Å². The minimum absolute atomic E-state index is 0.0749. The largest absolute Gasteiger partial charge is 0.472 e. The lowest BCUT2D eigenvalue weighted by Gasteiger charge is -2.47. The third-order valence-electron chi connectivity index (χ3n) is 6.62. The van der Waals surface area contributed by atoms with E-state index in [9.17, 15) is 9.59 Å². The van der Waals surface area contributed by atoms with Crippen LogP contribution in [0.1, 0.15) is 50.7 Å². The lowest BCUT2D eigenvalue weighted by atomic mass is 9.54. The molecule has 1 aromatic rings. The zero-order chi connectivity index (χ0) is 16.5. The van der Waals surface area contributed by atoms with Crippen molar-refractivity contribution >= 4 is 11.9 Å². The standard InChI is InChI=1S/C19H20O5/c1-10-7-14-16-12(17(20)23-14)3-2-4-13(16)19(10)8-15(24-18(19)21)11-5-6-22-9-11/h5-6,9-10,13-15H,2-4,7-8H2,1H3/t10-,13?,14-,15+,19-/m1/s1. The Labute approximate surface area is 140 Å². The van der Waals surface area contributed by atoms with Gasteiger partial charge in [-0.1, -0.05) is 6.92 Å². The second-order valence-corrected chi connectivity index (χ2v) is 7.60. The average Bonchev–Trinajstić information content (AvgIpc) is 3.26. The smallest absolute Gasteiger partial charge is 0.334 e. The van der Waals surface area contributed by atoms with Gasteiger partial charge < -0.3 is 13.9 Å². The number of esters is 2. The van der Waals surface area contributed by atoms with Gasteiger partial charge in [0.15, 0.2) is 0 Å². The molecule has 5 heteroatoms. The Bertz CT molecular complexity index is 746. The van der Waals surface area contributed by atoms with Crippen molar-refractivity contribution in [2.75, 3.05) is 0 Å². The zero-order valence-electron chi connectivity index (χ0n) is 13.6. The molecule has 1 unspecified atom stereocenters. The fourth-order valence-electron chi connectivity index (χ4n) is 5.48. The lowest BCUT2D eigenvalue weighted by Crippen LogP contribution is -2.49. The van der Waals surface area contributed by atoms with E-state index in [0.717, 1.165) is 36.0 Å². The molecule has 1 spiro atoms. The number of hydrogen-bond acceptors (Lipinski definition) is 5. The van der Waals surface area contributed by atoms with E-state index in [1.165, 1.54) is 0 Å². The molecule has 5 nitrogen and oxygen atoms in total. The van der Waals surface area contributed by atoms with E-state index < -0.39 is 5.41 Å². The highest BCUT2D eigenvalue weighted by atomic mass is 16.6. The first-order valence-corrected chi connectivity index (χ1v) is 8.78. The van der Waals surface area contributed by atoms with Crippen molar-refractivity contribution in [1.82, 2.24) is 0 Å². The van der Waals surface area contributed by atoms with Crippen molar-refractivity contribution in [2.24, 2.45) is 17.3 Å². The molecular weight excluding hydrogens is 308 g/mol. The van der Waals surface area contributed by atoms with Crippen LogP contribution in [0.4, 0.5) is 0 Å². The van der Waals surface area contributed by atoms with Gasteiger partial charge in [0, 0.05) is 23.5 Å². The fourth-order valence-corrected chi connectivity index (χ4v) is 5.48. The van der Waals surface area contributed by atoms with E-state index in [2.05, 4.69) is 6.92 Å². The average molecular weight is 328 g/mol. The molecule has 0 aromatic carbocycles. The molecular formula is C19H20O5. The summed E-state index contributed by atoms with van der Waals surface area (Å²) in [5, 5.41) is 0. The van der Waals surface area contributed by atoms with E-state index in [1.807, 2.05) is 6.07 Å². The molecule has 0 N–H and O–H groups in total. The van der Waals surface area contributed by atoms with Crippen LogP contribution >= 0.6 is 0 Å². The normalized spacial score (nSPS) is 40.7. The molecule has 0 amide bonds. The number of fused-ring (bicyclic) bond motifs is 1. The Kier molecular flexibility index (Phi) is 2.83. The van der Waals surface area contributed by atoms with Crippen LogP contribution in [0.2, 0.25) is 0 Å². The summed E-state index contributed by atoms with van der Waals surface area (Å²) in [5.74, 6) is -0.0730. The molecule has 0 bridgehead atoms. The highest BCUT2D eigenvalue weighted by Gasteiger charge is 2.64. The van der Waals surface area contributed by atoms with Gasteiger partial charge in [0.1, 0.15) is 12.2 Å². The molecule has 5 rings (SSSR count). The second kappa shape index (κ2) is 4.74. The van der Waals surface area contributed by atoms with Crippen LogP contribution in [-0.2, 0) is 19.1 Å². The maximum atomic E-state index is 13.0. The van der Waals surface area contributed by atoms with Crippen molar-refractivity contribution in [1.29, 1.82) is 0 Å². The maximum absolute atomic E-state index is 13.0. The first kappa shape index (κ1) is 14.3. The van der Waals surface area contributed by atoms with Crippen LogP contribution in [0, 0.1) is 17.3 Å². The van der Waals surface area contributed by atoms with Crippen LogP contribution in [-0.4, -0.2) is 18.0 Å². The van der Waals surface area contributed by atoms with Gasteiger partial charge in [0.25, 0.3) is 0 Å². The highest BCUT2D eigenvalue weighted by molar-refractivity contribution is 5.93. The Morgan fingerprint density at radius 1 is 1.21 bits per heavy atom. The van der Waals surface area contributed by atoms with Crippen molar-refractivity contribution in [2.45, 2.75) is 51.2 Å². The van der Waals surface area contributed by atoms with Crippen molar-refractivity contribution in [3.63, 3.8) is 0 Å². The summed E-state index contributed by atoms with van der Waals surface area (Å²) in [6.45, 7) is 2.11. The van der Waals surface area contributed by atoms with Crippen molar-refractivity contribution in [3.05, 3.63) is 35.3 Å². The summed E-state index contributed by atoms with van der Waals surface area (Å²) in [6, 6.07) is 1.86. The van der Waals surface area contributed by atoms with Gasteiger partial charge in [-0.15, -0.1) is 0 Å². The van der Waals surface area contributed by atoms with E-state index in [4.69, 9.17) is 13.9 Å². The number of cyclic esters (lactones) is 1. The number of rotatable bonds is 1. The molecule has 2 aliphatic heterocycles. The molecule has 2 aliphatic carbocycles. The van der Waals surface area contributed by atoms with Crippen molar-refractivity contribution in [3.8, 4) is 0 Å². The first-order valence-electron chi connectivity index (χ1n) is 8.78. The van der Waals surface area contributed by atoms with E-state index >= 15 is 0 Å². The topological polar surface area (TPSA) is 65.7 Å². The molecule has 4 aliphatic rings. The van der Waals surface area contributed by atoms with Gasteiger partial charge in [-0.05, 0) is 43.2 Å². The second-order valence-electron chi connectivity index (χ2n) is 7.60. The molecule has 0 radical (unpaired) electrons. The first-order chi connectivity index (χ1) is 11.6. The molecule has 3 heterocycles. The van der Waals surface area contributed by atoms with Gasteiger partial charge in [-0.2, -0.15) is 0 Å². The van der Waals surface area contributed by atoms with Crippen molar-refractivity contribution < 1.29 is 23.5 Å². The molecule has 2 fully saturated rings. The number of carbonyl (C=O) groups is 2. The van der Waals surface area contributed by atoms with E-state index in [-0.39, 0.29) is 36.0 Å². The van der Waals surface area contributed by atoms with Crippen LogP contribution in [0.3, 0.4) is 0 Å². The summed E-state index contributed by atoms with van der Waals surface area (Å²) in [5.41, 5.74) is 2.32. The summed E-state index contributed by atoms with van der Waals surface area (Å²) >= 11 is 0. The number of carbonyl (C=O) groups excluding carboxylic acids is 2. The molecule has 1 aromatic heterocycles. The predicted octanol–water partition coefficient (Wildman–Crippen LogP) is 3.32. The Morgan fingerprint density at radius 2 is 2.08 bits per heavy atom. The predicted molar refractivity (Wildman–Crippen MR) is 82.6 cm³/mol. The molecule has 126 valence electrons. The fraction of sp³-hybridized carbons (Fsp3) is 0.579. The summed E-state index contributed by atoms with van der Waals surface area (Å²) in [7, 11) is 0. The van der Waals surface area contributed by atoms with E-state index in [1.54, 1.807) is 12.5 Å². The maximum Gasteiger partial charge on any atom is 0.334 e. The van der Waals surface area contributed by atoms with Gasteiger partial charge in [-0.25, -0.2) is 4.79 Å². The van der Waals surface area contributed by atoms with Gasteiger partial charge in [0.05, 0.1) is 17.9 Å². The van der Waals surface area contributed by atoms with Gasteiger partial charge >= 0.3 is 11.9 Å². The highest BCUT2D eigenvalue weighted by Crippen LogP contribution is 2.62. The monoisotopic (exact) mass is 328 g/mol. The minimum Gasteiger partial charge on any atom is -0.472 e. The minimum atomic E-state index is -0.534. The zero-order valence-corrected chi connectivity index (χ0v) is 13.6. The molecule has 24 heavy (non-hydrogen) atoms. The lowest BCUT2D eigenvalue weighted by molar-refractivity contribution is -0.156. The summed E-state index contributed by atoms with van der Waals surface area (Å²) < 4.78 is 16.6. The molecule has 1 saturated carbocycles. The third kappa shape index (κ3) is 1.65. The third-order valence-corrected chi connectivity index (χ3v) is 6.62. The summed E-state index contributed by atoms with van der Waals surface area (Å²) in [4.78, 5) is 25.2. The van der Waals surface area contributed by atoms with Gasteiger partial charge in [0.2, 0.25) is 0 Å². The Balaban J connectivity index is 1.59. The van der Waals surface area contributed by atoms with Crippen LogP contribution in [0.15, 0.2) is 34.2 Å². The quantitative estimate of drug-likeness (QED) is 0.740. The SMILES string of the molecule is C[C@@H]1C[C@H]2OC(=O)C3=C2C(CCC3)[C@@]12C[C@@H](c1ccoc1)OC2=O. The molecule has 5 atom stereocenters. The Hall–Kier alpha value is -2.04. The molecule has 1 saturated heterocycles. The number of furan rings is 1. The van der Waals surface area contributed by atoms with Crippen LogP contribution < -0.4 is 0 Å². The Morgan fingerprint density at radius 3 is 2.88 bits per heavy atom. The van der Waals surface area contributed by atoms with E-state index in [0.29, 0.717) is 12.8 Å². The summed E-state index contributed by atoms with van der Waals surface area (Å²) in [6.07, 6.45) is 6.92. The number of hydrogen-bond donors (Lipinski definition) is 0.